The first kappa shape index (κ1) is 35.0. The second-order valence-electron chi connectivity index (χ2n) is 16.4. The first-order chi connectivity index (χ1) is 29.0. The van der Waals surface area contributed by atoms with Gasteiger partial charge in [-0.25, -0.2) is 0 Å². The largest absolute Gasteiger partial charge is 0.310 e. The highest BCUT2D eigenvalue weighted by Crippen LogP contribution is 2.64. The standard InChI is InChI=1S/C58H43N/c1-57(2)50-29-15-16-30-51(50)58(49-28-14-12-26-48(49)56-47(27-18-31-53(56)58)43-23-10-5-11-24-43)52-38-37-45(39-54(52)57)59(44-35-33-41(34-36-44)40-19-6-3-7-20-40)55-32-17-13-25-46(55)42-21-8-4-9-22-42/h3-39H,1-2H3. The number of benzene rings is 9. The Bertz CT molecular complexity index is 3000. The number of fused-ring (bicyclic) bond motifs is 9. The Kier molecular flexibility index (Phi) is 8.13. The molecule has 0 radical (unpaired) electrons. The zero-order valence-corrected chi connectivity index (χ0v) is 33.3. The molecule has 0 fully saturated rings. The van der Waals surface area contributed by atoms with Crippen LogP contribution in [0.25, 0.3) is 44.5 Å². The van der Waals surface area contributed by atoms with Crippen LogP contribution in [0.2, 0.25) is 0 Å². The molecule has 0 saturated heterocycles. The van der Waals surface area contributed by atoms with Crippen LogP contribution in [0.1, 0.15) is 47.2 Å². The molecule has 0 aromatic heterocycles. The lowest BCUT2D eigenvalue weighted by Gasteiger charge is -2.47. The van der Waals surface area contributed by atoms with E-state index in [0.29, 0.717) is 0 Å². The van der Waals surface area contributed by atoms with E-state index in [0.717, 1.165) is 17.1 Å². The average Bonchev–Trinajstić information content (AvgIpc) is 3.61. The van der Waals surface area contributed by atoms with E-state index in [2.05, 4.69) is 243 Å². The van der Waals surface area contributed by atoms with Crippen LogP contribution < -0.4 is 4.90 Å². The highest BCUT2D eigenvalue weighted by molar-refractivity contribution is 5.97. The molecule has 9 aromatic carbocycles. The van der Waals surface area contributed by atoms with Crippen LogP contribution in [-0.4, -0.2) is 0 Å². The molecule has 0 saturated carbocycles. The molecule has 1 atom stereocenters. The van der Waals surface area contributed by atoms with Crippen molar-refractivity contribution in [3.05, 3.63) is 258 Å². The predicted octanol–water partition coefficient (Wildman–Crippen LogP) is 15.2. The maximum absolute atomic E-state index is 2.50. The molecule has 0 amide bonds. The van der Waals surface area contributed by atoms with Gasteiger partial charge in [-0.15, -0.1) is 0 Å². The monoisotopic (exact) mass is 753 g/mol. The van der Waals surface area contributed by atoms with E-state index in [1.165, 1.54) is 77.9 Å². The summed E-state index contributed by atoms with van der Waals surface area (Å²) in [6.07, 6.45) is 0. The third kappa shape index (κ3) is 5.31. The topological polar surface area (TPSA) is 3.24 Å². The van der Waals surface area contributed by atoms with Gasteiger partial charge in [-0.2, -0.15) is 0 Å². The maximum atomic E-state index is 2.50. The molecule has 1 heteroatoms. The highest BCUT2D eigenvalue weighted by atomic mass is 15.1. The van der Waals surface area contributed by atoms with E-state index in [1.807, 2.05) is 0 Å². The van der Waals surface area contributed by atoms with Crippen LogP contribution in [0.3, 0.4) is 0 Å². The first-order valence-corrected chi connectivity index (χ1v) is 20.7. The fraction of sp³-hybridized carbons (Fsp3) is 0.0690. The van der Waals surface area contributed by atoms with Crippen LogP contribution in [0.15, 0.2) is 224 Å². The molecule has 2 aliphatic carbocycles. The molecule has 0 N–H and O–H groups in total. The first-order valence-electron chi connectivity index (χ1n) is 20.7. The summed E-state index contributed by atoms with van der Waals surface area (Å²) < 4.78 is 0. The van der Waals surface area contributed by atoms with Gasteiger partial charge < -0.3 is 4.90 Å². The van der Waals surface area contributed by atoms with Gasteiger partial charge in [0.1, 0.15) is 0 Å². The summed E-state index contributed by atoms with van der Waals surface area (Å²) in [7, 11) is 0. The van der Waals surface area contributed by atoms with Gasteiger partial charge in [0.2, 0.25) is 0 Å². The number of para-hydroxylation sites is 1. The number of anilines is 3. The minimum absolute atomic E-state index is 0.288. The molecular formula is C58H43N. The molecule has 1 nitrogen and oxygen atoms in total. The summed E-state index contributed by atoms with van der Waals surface area (Å²) in [5.74, 6) is 0. The minimum atomic E-state index is -0.499. The van der Waals surface area contributed by atoms with Crippen molar-refractivity contribution in [1.82, 2.24) is 0 Å². The lowest BCUT2D eigenvalue weighted by atomic mass is 9.55. The zero-order valence-electron chi connectivity index (χ0n) is 33.3. The van der Waals surface area contributed by atoms with Crippen LogP contribution in [0, 0.1) is 0 Å². The Hall–Kier alpha value is -7.22. The van der Waals surface area contributed by atoms with Crippen molar-refractivity contribution in [2.75, 3.05) is 4.90 Å². The molecule has 1 unspecified atom stereocenters. The Morgan fingerprint density at radius 2 is 0.780 bits per heavy atom. The van der Waals surface area contributed by atoms with Gasteiger partial charge in [-0.1, -0.05) is 208 Å². The van der Waals surface area contributed by atoms with Gasteiger partial charge >= 0.3 is 0 Å². The molecular weight excluding hydrogens is 711 g/mol. The van der Waals surface area contributed by atoms with Crippen LogP contribution in [0.5, 0.6) is 0 Å². The molecule has 0 aliphatic heterocycles. The van der Waals surface area contributed by atoms with Crippen LogP contribution >= 0.6 is 0 Å². The van der Waals surface area contributed by atoms with Crippen molar-refractivity contribution in [1.29, 1.82) is 0 Å². The second-order valence-corrected chi connectivity index (χ2v) is 16.4. The highest BCUT2D eigenvalue weighted by Gasteiger charge is 2.53. The maximum Gasteiger partial charge on any atom is 0.0719 e. The number of hydrogen-bond donors (Lipinski definition) is 0. The lowest BCUT2D eigenvalue weighted by molar-refractivity contribution is 0.563. The molecule has 1 spiro atoms. The summed E-state index contributed by atoms with van der Waals surface area (Å²) in [5.41, 5.74) is 20.6. The molecule has 11 rings (SSSR count). The normalized spacial score (nSPS) is 15.5. The fourth-order valence-electron chi connectivity index (χ4n) is 10.3. The van der Waals surface area contributed by atoms with Crippen molar-refractivity contribution < 1.29 is 0 Å². The Balaban J connectivity index is 1.18. The number of nitrogens with zero attached hydrogens (tertiary/aromatic N) is 1. The molecule has 59 heavy (non-hydrogen) atoms. The summed E-state index contributed by atoms with van der Waals surface area (Å²) in [5, 5.41) is 0. The Labute approximate surface area is 347 Å². The molecule has 0 bridgehead atoms. The summed E-state index contributed by atoms with van der Waals surface area (Å²) in [6.45, 7) is 4.83. The zero-order chi connectivity index (χ0) is 39.6. The van der Waals surface area contributed by atoms with Crippen LogP contribution in [0.4, 0.5) is 17.1 Å². The van der Waals surface area contributed by atoms with Crippen molar-refractivity contribution in [2.24, 2.45) is 0 Å². The smallest absolute Gasteiger partial charge is 0.0719 e. The Morgan fingerprint density at radius 1 is 0.305 bits per heavy atom. The quantitative estimate of drug-likeness (QED) is 0.163. The van der Waals surface area contributed by atoms with Crippen molar-refractivity contribution in [3.63, 3.8) is 0 Å². The van der Waals surface area contributed by atoms with E-state index >= 15 is 0 Å². The minimum Gasteiger partial charge on any atom is -0.310 e. The van der Waals surface area contributed by atoms with E-state index in [1.54, 1.807) is 0 Å². The van der Waals surface area contributed by atoms with Gasteiger partial charge in [0.05, 0.1) is 11.1 Å². The van der Waals surface area contributed by atoms with Crippen molar-refractivity contribution >= 4 is 17.1 Å². The summed E-state index contributed by atoms with van der Waals surface area (Å²) >= 11 is 0. The number of rotatable bonds is 6. The van der Waals surface area contributed by atoms with Gasteiger partial charge in [-0.05, 0) is 103 Å². The second kappa shape index (κ2) is 13.7. The average molecular weight is 754 g/mol. The predicted molar refractivity (Wildman–Crippen MR) is 247 cm³/mol. The fourth-order valence-corrected chi connectivity index (χ4v) is 10.3. The van der Waals surface area contributed by atoms with E-state index in [9.17, 15) is 0 Å². The lowest BCUT2D eigenvalue weighted by Crippen LogP contribution is -2.40. The molecule has 0 heterocycles. The van der Waals surface area contributed by atoms with E-state index in [4.69, 9.17) is 0 Å². The summed E-state index contributed by atoms with van der Waals surface area (Å²) in [6, 6.07) is 82.9. The van der Waals surface area contributed by atoms with Gasteiger partial charge in [0.15, 0.2) is 0 Å². The van der Waals surface area contributed by atoms with Crippen LogP contribution in [-0.2, 0) is 10.8 Å². The molecule has 2 aliphatic rings. The van der Waals surface area contributed by atoms with Crippen molar-refractivity contribution in [3.8, 4) is 44.5 Å². The molecule has 280 valence electrons. The summed E-state index contributed by atoms with van der Waals surface area (Å²) in [4.78, 5) is 2.46. The van der Waals surface area contributed by atoms with Crippen molar-refractivity contribution in [2.45, 2.75) is 24.7 Å². The third-order valence-corrected chi connectivity index (χ3v) is 13.0. The van der Waals surface area contributed by atoms with E-state index in [-0.39, 0.29) is 5.41 Å². The van der Waals surface area contributed by atoms with E-state index < -0.39 is 5.41 Å². The van der Waals surface area contributed by atoms with Gasteiger partial charge in [0.25, 0.3) is 0 Å². The third-order valence-electron chi connectivity index (χ3n) is 13.0. The van der Waals surface area contributed by atoms with Gasteiger partial charge in [-0.3, -0.25) is 0 Å². The van der Waals surface area contributed by atoms with Gasteiger partial charge in [0, 0.05) is 22.4 Å². The SMILES string of the molecule is CC1(C)c2ccccc2C2(c3ccccc3-c3c(-c4ccccc4)cccc32)c2ccc(N(c3ccc(-c4ccccc4)cc3)c3ccccc3-c3ccccc3)cc21. The number of hydrogen-bond acceptors (Lipinski definition) is 1. The molecule has 9 aromatic rings. The Morgan fingerprint density at radius 3 is 1.47 bits per heavy atom.